The van der Waals surface area contributed by atoms with E-state index in [0.29, 0.717) is 18.8 Å². The van der Waals surface area contributed by atoms with E-state index in [2.05, 4.69) is 5.32 Å². The molecular weight excluding hydrogens is 238 g/mol. The quantitative estimate of drug-likeness (QED) is 0.791. The Morgan fingerprint density at radius 1 is 1.41 bits per heavy atom. The zero-order chi connectivity index (χ0) is 12.9. The normalized spacial score (nSPS) is 20.6. The van der Waals surface area contributed by atoms with Crippen molar-refractivity contribution >= 4 is 23.6 Å². The van der Waals surface area contributed by atoms with Gasteiger partial charge in [0, 0.05) is 6.42 Å². The molecule has 1 amide bonds. The lowest BCUT2D eigenvalue weighted by atomic mass is 9.95. The number of nitrogens with one attached hydrogen (secondary N) is 1. The van der Waals surface area contributed by atoms with E-state index in [0.717, 1.165) is 24.3 Å². The molecule has 1 fully saturated rings. The lowest BCUT2D eigenvalue weighted by molar-refractivity contribution is -0.147. The van der Waals surface area contributed by atoms with Gasteiger partial charge in [0.25, 0.3) is 0 Å². The standard InChI is InChI=1S/C12H21NO3S/c1-3-12(2,11(15)16)13-10(14)8-9-4-6-17-7-5-9/h9H,3-8H2,1-2H3,(H,13,14)(H,15,16). The summed E-state index contributed by atoms with van der Waals surface area (Å²) in [6.07, 6.45) is 2.99. The maximum Gasteiger partial charge on any atom is 0.329 e. The van der Waals surface area contributed by atoms with Gasteiger partial charge in [-0.1, -0.05) is 6.92 Å². The fraction of sp³-hybridized carbons (Fsp3) is 0.833. The number of aliphatic carboxylic acids is 1. The van der Waals surface area contributed by atoms with Crippen molar-refractivity contribution in [2.45, 2.75) is 45.1 Å². The van der Waals surface area contributed by atoms with Gasteiger partial charge in [-0.2, -0.15) is 11.8 Å². The van der Waals surface area contributed by atoms with Crippen LogP contribution in [0.3, 0.4) is 0 Å². The van der Waals surface area contributed by atoms with Gasteiger partial charge in [-0.25, -0.2) is 4.79 Å². The van der Waals surface area contributed by atoms with Gasteiger partial charge in [0.05, 0.1) is 0 Å². The third kappa shape index (κ3) is 4.22. The van der Waals surface area contributed by atoms with Crippen LogP contribution in [0.4, 0.5) is 0 Å². The van der Waals surface area contributed by atoms with Crippen LogP contribution < -0.4 is 5.32 Å². The molecule has 1 aliphatic rings. The summed E-state index contributed by atoms with van der Waals surface area (Å²) in [5.74, 6) is 1.55. The summed E-state index contributed by atoms with van der Waals surface area (Å²) in [5, 5.41) is 11.7. The Balaban J connectivity index is 2.44. The van der Waals surface area contributed by atoms with Gasteiger partial charge in [0.1, 0.15) is 5.54 Å². The lowest BCUT2D eigenvalue weighted by Crippen LogP contribution is -2.52. The average Bonchev–Trinajstić information content (AvgIpc) is 2.29. The molecule has 0 aromatic carbocycles. The van der Waals surface area contributed by atoms with Crippen LogP contribution in [0.15, 0.2) is 0 Å². The summed E-state index contributed by atoms with van der Waals surface area (Å²) < 4.78 is 0. The van der Waals surface area contributed by atoms with Crippen molar-refractivity contribution in [3.8, 4) is 0 Å². The van der Waals surface area contributed by atoms with Crippen LogP contribution >= 0.6 is 11.8 Å². The maximum atomic E-state index is 11.8. The number of hydrogen-bond acceptors (Lipinski definition) is 3. The third-order valence-electron chi connectivity index (χ3n) is 3.41. The molecule has 0 aromatic rings. The molecule has 1 saturated heterocycles. The first-order valence-corrected chi connectivity index (χ1v) is 7.25. The van der Waals surface area contributed by atoms with Crippen LogP contribution in [0.2, 0.25) is 0 Å². The van der Waals surface area contributed by atoms with Crippen LogP contribution in [-0.2, 0) is 9.59 Å². The molecule has 0 aromatic heterocycles. The predicted octanol–water partition coefficient (Wildman–Crippen LogP) is 1.89. The largest absolute Gasteiger partial charge is 0.480 e. The topological polar surface area (TPSA) is 66.4 Å². The second-order valence-corrected chi connectivity index (χ2v) is 6.02. The minimum Gasteiger partial charge on any atom is -0.480 e. The smallest absolute Gasteiger partial charge is 0.329 e. The van der Waals surface area contributed by atoms with Crippen LogP contribution in [0.25, 0.3) is 0 Å². The van der Waals surface area contributed by atoms with Crippen molar-refractivity contribution in [1.82, 2.24) is 5.32 Å². The summed E-state index contributed by atoms with van der Waals surface area (Å²) in [4.78, 5) is 22.9. The summed E-state index contributed by atoms with van der Waals surface area (Å²) in [6, 6.07) is 0. The highest BCUT2D eigenvalue weighted by Crippen LogP contribution is 2.25. The molecule has 1 aliphatic heterocycles. The number of amides is 1. The predicted molar refractivity (Wildman–Crippen MR) is 69.1 cm³/mol. The first kappa shape index (κ1) is 14.4. The molecule has 0 bridgehead atoms. The highest BCUT2D eigenvalue weighted by atomic mass is 32.2. The molecule has 1 heterocycles. The molecule has 98 valence electrons. The first-order chi connectivity index (χ1) is 7.98. The Labute approximate surface area is 107 Å². The highest BCUT2D eigenvalue weighted by Gasteiger charge is 2.33. The Hall–Kier alpha value is -0.710. The molecule has 0 radical (unpaired) electrons. The van der Waals surface area contributed by atoms with E-state index in [4.69, 9.17) is 5.11 Å². The first-order valence-electron chi connectivity index (χ1n) is 6.10. The fourth-order valence-electron chi connectivity index (χ4n) is 1.86. The van der Waals surface area contributed by atoms with Gasteiger partial charge in [0.2, 0.25) is 5.91 Å². The van der Waals surface area contributed by atoms with E-state index < -0.39 is 11.5 Å². The number of carbonyl (C=O) groups is 2. The minimum absolute atomic E-state index is 0.131. The Morgan fingerprint density at radius 3 is 2.47 bits per heavy atom. The minimum atomic E-state index is -1.12. The van der Waals surface area contributed by atoms with Crippen molar-refractivity contribution in [2.75, 3.05) is 11.5 Å². The van der Waals surface area contributed by atoms with Gasteiger partial charge >= 0.3 is 5.97 Å². The fourth-order valence-corrected chi connectivity index (χ4v) is 3.07. The van der Waals surface area contributed by atoms with Crippen LogP contribution in [0, 0.1) is 5.92 Å². The van der Waals surface area contributed by atoms with Crippen molar-refractivity contribution in [1.29, 1.82) is 0 Å². The summed E-state index contributed by atoms with van der Waals surface area (Å²) in [6.45, 7) is 3.33. The van der Waals surface area contributed by atoms with Gasteiger partial charge in [-0.05, 0) is 43.6 Å². The van der Waals surface area contributed by atoms with Crippen LogP contribution in [-0.4, -0.2) is 34.0 Å². The summed E-state index contributed by atoms with van der Waals surface area (Å²) in [5.41, 5.74) is -1.12. The molecule has 4 nitrogen and oxygen atoms in total. The molecule has 1 rings (SSSR count). The number of thioether (sulfide) groups is 1. The van der Waals surface area contributed by atoms with Crippen molar-refractivity contribution in [3.05, 3.63) is 0 Å². The zero-order valence-electron chi connectivity index (χ0n) is 10.5. The Morgan fingerprint density at radius 2 is 2.00 bits per heavy atom. The number of carboxylic acids is 1. The Bertz CT molecular complexity index is 289. The van der Waals surface area contributed by atoms with Gasteiger partial charge in [-0.15, -0.1) is 0 Å². The van der Waals surface area contributed by atoms with Crippen LogP contribution in [0.1, 0.15) is 39.5 Å². The zero-order valence-corrected chi connectivity index (χ0v) is 11.3. The molecule has 17 heavy (non-hydrogen) atoms. The van der Waals surface area contributed by atoms with E-state index >= 15 is 0 Å². The van der Waals surface area contributed by atoms with E-state index in [1.807, 2.05) is 11.8 Å². The summed E-state index contributed by atoms with van der Waals surface area (Å²) >= 11 is 1.92. The van der Waals surface area contributed by atoms with Crippen molar-refractivity contribution in [3.63, 3.8) is 0 Å². The van der Waals surface area contributed by atoms with Crippen molar-refractivity contribution < 1.29 is 14.7 Å². The Kier molecular flexibility index (Phi) is 5.31. The van der Waals surface area contributed by atoms with E-state index in [-0.39, 0.29) is 5.91 Å². The monoisotopic (exact) mass is 259 g/mol. The molecule has 5 heteroatoms. The molecule has 0 saturated carbocycles. The van der Waals surface area contributed by atoms with E-state index in [9.17, 15) is 9.59 Å². The third-order valence-corrected chi connectivity index (χ3v) is 4.46. The second kappa shape index (κ2) is 6.28. The lowest BCUT2D eigenvalue weighted by Gasteiger charge is -2.27. The van der Waals surface area contributed by atoms with Gasteiger partial charge in [-0.3, -0.25) is 4.79 Å². The molecule has 1 unspecified atom stereocenters. The highest BCUT2D eigenvalue weighted by molar-refractivity contribution is 7.99. The molecule has 0 spiro atoms. The second-order valence-electron chi connectivity index (χ2n) is 4.80. The maximum absolute atomic E-state index is 11.8. The average molecular weight is 259 g/mol. The number of rotatable bonds is 5. The molecule has 0 aliphatic carbocycles. The van der Waals surface area contributed by atoms with Crippen molar-refractivity contribution in [2.24, 2.45) is 5.92 Å². The van der Waals surface area contributed by atoms with Gasteiger partial charge in [0.15, 0.2) is 0 Å². The number of carboxylic acid groups (broad SMARTS) is 1. The van der Waals surface area contributed by atoms with E-state index in [1.54, 1.807) is 13.8 Å². The number of hydrogen-bond donors (Lipinski definition) is 2. The van der Waals surface area contributed by atoms with E-state index in [1.165, 1.54) is 0 Å². The number of carbonyl (C=O) groups excluding carboxylic acids is 1. The van der Waals surface area contributed by atoms with Gasteiger partial charge < -0.3 is 10.4 Å². The molecular formula is C12H21NO3S. The molecule has 2 N–H and O–H groups in total. The summed E-state index contributed by atoms with van der Waals surface area (Å²) in [7, 11) is 0. The van der Waals surface area contributed by atoms with Crippen LogP contribution in [0.5, 0.6) is 0 Å². The SMILES string of the molecule is CCC(C)(NC(=O)CC1CCSCC1)C(=O)O. The molecule has 1 atom stereocenters.